The molecular weight excluding hydrogens is 398 g/mol. The Bertz CT molecular complexity index is 1040. The first-order valence-corrected chi connectivity index (χ1v) is 10.4. The van der Waals surface area contributed by atoms with Crippen molar-refractivity contribution >= 4 is 29.1 Å². The van der Waals surface area contributed by atoms with E-state index in [0.29, 0.717) is 24.5 Å². The Morgan fingerprint density at radius 3 is 2.57 bits per heavy atom. The maximum Gasteiger partial charge on any atom is 0.322 e. The lowest BCUT2D eigenvalue weighted by molar-refractivity contribution is 0.206. The van der Waals surface area contributed by atoms with Gasteiger partial charge in [0.15, 0.2) is 5.82 Å². The number of nitrogens with zero attached hydrogens (tertiary/aromatic N) is 4. The summed E-state index contributed by atoms with van der Waals surface area (Å²) in [4.78, 5) is 26.4. The zero-order chi connectivity index (χ0) is 21.1. The van der Waals surface area contributed by atoms with Gasteiger partial charge in [-0.3, -0.25) is 0 Å². The summed E-state index contributed by atoms with van der Waals surface area (Å²) >= 11 is 5.93. The van der Waals surface area contributed by atoms with Crippen molar-refractivity contribution in [1.82, 2.24) is 14.9 Å². The number of halogens is 1. The molecule has 0 bridgehead atoms. The third kappa shape index (κ3) is 4.24. The Hall–Kier alpha value is -3.12. The first-order chi connectivity index (χ1) is 14.5. The van der Waals surface area contributed by atoms with E-state index in [4.69, 9.17) is 21.6 Å². The van der Waals surface area contributed by atoms with Crippen LogP contribution >= 0.6 is 11.6 Å². The third-order valence-corrected chi connectivity index (χ3v) is 5.54. The van der Waals surface area contributed by atoms with Crippen molar-refractivity contribution in [2.24, 2.45) is 0 Å². The van der Waals surface area contributed by atoms with Crippen LogP contribution in [0, 0.1) is 0 Å². The highest BCUT2D eigenvalue weighted by atomic mass is 35.5. The van der Waals surface area contributed by atoms with Crippen LogP contribution in [0.2, 0.25) is 5.02 Å². The standard InChI is InChI=1S/C23H24ClN5O/c1-3-28(2)22-19-15-29(23(30)25-18-11-9-17(24)10-12-18)14-13-20(19)26-21(27-22)16-7-5-4-6-8-16/h4-12H,3,13-15H2,1-2H3,(H,25,30). The molecular formula is C23H24ClN5O. The number of benzene rings is 2. The van der Waals surface area contributed by atoms with Gasteiger partial charge in [-0.25, -0.2) is 14.8 Å². The average molecular weight is 422 g/mol. The van der Waals surface area contributed by atoms with Crippen LogP contribution in [0.1, 0.15) is 18.2 Å². The second kappa shape index (κ2) is 8.71. The van der Waals surface area contributed by atoms with Gasteiger partial charge in [0.05, 0.1) is 12.2 Å². The Morgan fingerprint density at radius 1 is 1.13 bits per heavy atom. The largest absolute Gasteiger partial charge is 0.360 e. The highest BCUT2D eigenvalue weighted by Gasteiger charge is 2.27. The van der Waals surface area contributed by atoms with E-state index in [0.717, 1.165) is 40.7 Å². The van der Waals surface area contributed by atoms with Crippen LogP contribution in [-0.4, -0.2) is 41.0 Å². The number of fused-ring (bicyclic) bond motifs is 1. The molecule has 0 saturated carbocycles. The summed E-state index contributed by atoms with van der Waals surface area (Å²) in [6, 6.07) is 17.0. The molecule has 0 unspecified atom stereocenters. The maximum absolute atomic E-state index is 12.8. The van der Waals surface area contributed by atoms with E-state index in [1.165, 1.54) is 0 Å². The molecule has 0 fully saturated rings. The molecule has 6 nitrogen and oxygen atoms in total. The molecule has 1 N–H and O–H groups in total. The van der Waals surface area contributed by atoms with Gasteiger partial charge in [0.2, 0.25) is 0 Å². The Morgan fingerprint density at radius 2 is 1.87 bits per heavy atom. The summed E-state index contributed by atoms with van der Waals surface area (Å²) in [7, 11) is 2.02. The summed E-state index contributed by atoms with van der Waals surface area (Å²) in [6.45, 7) is 3.98. The molecule has 0 aliphatic carbocycles. The minimum atomic E-state index is -0.139. The lowest BCUT2D eigenvalue weighted by atomic mass is 10.0. The number of hydrogen-bond acceptors (Lipinski definition) is 4. The molecule has 2 amide bonds. The van der Waals surface area contributed by atoms with Crippen LogP contribution in [0.5, 0.6) is 0 Å². The van der Waals surface area contributed by atoms with Crippen LogP contribution in [0.15, 0.2) is 54.6 Å². The van der Waals surface area contributed by atoms with Crippen LogP contribution in [0.25, 0.3) is 11.4 Å². The van der Waals surface area contributed by atoms with Crippen LogP contribution in [0.4, 0.5) is 16.3 Å². The molecule has 1 aliphatic heterocycles. The normalized spacial score (nSPS) is 13.0. The van der Waals surface area contributed by atoms with Gasteiger partial charge in [-0.2, -0.15) is 0 Å². The predicted molar refractivity (Wildman–Crippen MR) is 121 cm³/mol. The zero-order valence-electron chi connectivity index (χ0n) is 17.1. The van der Waals surface area contributed by atoms with Gasteiger partial charge in [-0.15, -0.1) is 0 Å². The second-order valence-corrected chi connectivity index (χ2v) is 7.72. The van der Waals surface area contributed by atoms with E-state index in [1.807, 2.05) is 37.4 Å². The van der Waals surface area contributed by atoms with E-state index in [1.54, 1.807) is 29.2 Å². The summed E-state index contributed by atoms with van der Waals surface area (Å²) < 4.78 is 0. The number of urea groups is 1. The number of aromatic nitrogens is 2. The molecule has 7 heteroatoms. The smallest absolute Gasteiger partial charge is 0.322 e. The van der Waals surface area contributed by atoms with E-state index < -0.39 is 0 Å². The lowest BCUT2D eigenvalue weighted by Gasteiger charge is -2.31. The molecule has 2 aromatic carbocycles. The number of carbonyl (C=O) groups is 1. The van der Waals surface area contributed by atoms with Crippen molar-refractivity contribution in [3.8, 4) is 11.4 Å². The second-order valence-electron chi connectivity index (χ2n) is 7.28. The molecule has 3 aromatic rings. The topological polar surface area (TPSA) is 61.4 Å². The maximum atomic E-state index is 12.8. The third-order valence-electron chi connectivity index (χ3n) is 5.29. The van der Waals surface area contributed by atoms with Crippen LogP contribution < -0.4 is 10.2 Å². The molecule has 1 aliphatic rings. The zero-order valence-corrected chi connectivity index (χ0v) is 17.9. The predicted octanol–water partition coefficient (Wildman–Crippen LogP) is 4.84. The Balaban J connectivity index is 1.61. The van der Waals surface area contributed by atoms with Crippen molar-refractivity contribution < 1.29 is 4.79 Å². The van der Waals surface area contributed by atoms with Gasteiger partial charge in [0, 0.05) is 48.4 Å². The molecule has 0 saturated heterocycles. The van der Waals surface area contributed by atoms with Gasteiger partial charge in [-0.1, -0.05) is 41.9 Å². The Labute approximate surface area is 181 Å². The number of carbonyl (C=O) groups excluding carboxylic acids is 1. The first kappa shape index (κ1) is 20.2. The van der Waals surface area contributed by atoms with Crippen molar-refractivity contribution in [2.45, 2.75) is 19.9 Å². The van der Waals surface area contributed by atoms with E-state index >= 15 is 0 Å². The minimum Gasteiger partial charge on any atom is -0.360 e. The number of amides is 2. The first-order valence-electron chi connectivity index (χ1n) is 10.0. The van der Waals surface area contributed by atoms with Gasteiger partial charge in [-0.05, 0) is 31.2 Å². The summed E-state index contributed by atoms with van der Waals surface area (Å²) in [6.07, 6.45) is 0.691. The molecule has 154 valence electrons. The Kier molecular flexibility index (Phi) is 5.86. The highest BCUT2D eigenvalue weighted by molar-refractivity contribution is 6.30. The molecule has 2 heterocycles. The molecule has 1 aromatic heterocycles. The SMILES string of the molecule is CCN(C)c1nc(-c2ccccc2)nc2c1CN(C(=O)Nc1ccc(Cl)cc1)CC2. The monoisotopic (exact) mass is 421 g/mol. The fraction of sp³-hybridized carbons (Fsp3) is 0.261. The summed E-state index contributed by atoms with van der Waals surface area (Å²) in [5.74, 6) is 1.61. The van der Waals surface area contributed by atoms with Crippen molar-refractivity contribution in [3.63, 3.8) is 0 Å². The van der Waals surface area contributed by atoms with E-state index in [9.17, 15) is 4.79 Å². The number of anilines is 2. The number of rotatable bonds is 4. The van der Waals surface area contributed by atoms with Gasteiger partial charge in [0.1, 0.15) is 5.82 Å². The van der Waals surface area contributed by atoms with Crippen molar-refractivity contribution in [1.29, 1.82) is 0 Å². The van der Waals surface area contributed by atoms with Crippen LogP contribution in [0.3, 0.4) is 0 Å². The molecule has 0 spiro atoms. The highest BCUT2D eigenvalue weighted by Crippen LogP contribution is 2.29. The fourth-order valence-electron chi connectivity index (χ4n) is 3.49. The van der Waals surface area contributed by atoms with E-state index in [2.05, 4.69) is 17.1 Å². The van der Waals surface area contributed by atoms with Crippen LogP contribution in [-0.2, 0) is 13.0 Å². The number of nitrogens with one attached hydrogen (secondary N) is 1. The molecule has 4 rings (SSSR count). The van der Waals surface area contributed by atoms with Crippen molar-refractivity contribution in [3.05, 3.63) is 70.9 Å². The molecule has 0 atom stereocenters. The lowest BCUT2D eigenvalue weighted by Crippen LogP contribution is -2.40. The molecule has 0 radical (unpaired) electrons. The average Bonchev–Trinajstić information content (AvgIpc) is 2.79. The quantitative estimate of drug-likeness (QED) is 0.654. The van der Waals surface area contributed by atoms with Gasteiger partial charge >= 0.3 is 6.03 Å². The fourth-order valence-corrected chi connectivity index (χ4v) is 3.61. The minimum absolute atomic E-state index is 0.139. The van der Waals surface area contributed by atoms with E-state index in [-0.39, 0.29) is 6.03 Å². The van der Waals surface area contributed by atoms with Gasteiger partial charge < -0.3 is 15.1 Å². The van der Waals surface area contributed by atoms with Gasteiger partial charge in [0.25, 0.3) is 0 Å². The summed E-state index contributed by atoms with van der Waals surface area (Å²) in [5.41, 5.74) is 3.73. The molecule has 30 heavy (non-hydrogen) atoms. The number of hydrogen-bond donors (Lipinski definition) is 1. The summed E-state index contributed by atoms with van der Waals surface area (Å²) in [5, 5.41) is 3.58. The van der Waals surface area contributed by atoms with Crippen molar-refractivity contribution in [2.75, 3.05) is 30.4 Å².